The van der Waals surface area contributed by atoms with Crippen LogP contribution in [0, 0.1) is 10.6 Å². The first kappa shape index (κ1) is 17.0. The third-order valence-corrected chi connectivity index (χ3v) is 6.71. The van der Waals surface area contributed by atoms with Crippen LogP contribution >= 0.6 is 22.6 Å². The van der Waals surface area contributed by atoms with E-state index in [2.05, 4.69) is 6.58 Å². The topological polar surface area (TPSA) is 61.1 Å². The first-order valence-electron chi connectivity index (χ1n) is 7.12. The van der Waals surface area contributed by atoms with Crippen molar-refractivity contribution in [3.63, 3.8) is 0 Å². The maximum absolute atomic E-state index is 13.1. The molecule has 0 unspecified atom stereocenters. The standard InChI is InChI=1S/C17H15IN2O3S/c1-4-12-10-19(3)17(21)16-14(12)9-15(18)20(16)24(22,23)13-7-5-11(2)6-8-13/h4-10H,1H2,2-3H3. The normalized spacial score (nSPS) is 11.8. The summed E-state index contributed by atoms with van der Waals surface area (Å²) in [5.74, 6) is 0. The molecule has 1 aromatic carbocycles. The molecule has 0 fully saturated rings. The lowest BCUT2D eigenvalue weighted by Crippen LogP contribution is -2.23. The fraction of sp³-hybridized carbons (Fsp3) is 0.118. The lowest BCUT2D eigenvalue weighted by atomic mass is 10.2. The molecule has 3 rings (SSSR count). The number of nitrogens with zero attached hydrogens (tertiary/aromatic N) is 2. The van der Waals surface area contributed by atoms with E-state index in [1.165, 1.54) is 4.57 Å². The molecule has 7 heteroatoms. The number of rotatable bonds is 3. The summed E-state index contributed by atoms with van der Waals surface area (Å²) in [4.78, 5) is 12.8. The zero-order valence-electron chi connectivity index (χ0n) is 13.2. The monoisotopic (exact) mass is 454 g/mol. The summed E-state index contributed by atoms with van der Waals surface area (Å²) in [5.41, 5.74) is 1.45. The number of aromatic nitrogens is 2. The molecule has 0 saturated heterocycles. The van der Waals surface area contributed by atoms with Gasteiger partial charge < -0.3 is 4.57 Å². The van der Waals surface area contributed by atoms with Gasteiger partial charge in [-0.2, -0.15) is 0 Å². The van der Waals surface area contributed by atoms with Crippen LogP contribution in [0.2, 0.25) is 0 Å². The van der Waals surface area contributed by atoms with Crippen LogP contribution in [0.15, 0.2) is 52.8 Å². The molecule has 0 N–H and O–H groups in total. The van der Waals surface area contributed by atoms with E-state index in [1.54, 1.807) is 49.7 Å². The summed E-state index contributed by atoms with van der Waals surface area (Å²) in [7, 11) is -2.28. The molecule has 0 aliphatic carbocycles. The highest BCUT2D eigenvalue weighted by atomic mass is 127. The molecule has 0 radical (unpaired) electrons. The maximum Gasteiger partial charge on any atom is 0.275 e. The summed E-state index contributed by atoms with van der Waals surface area (Å²) in [6, 6.07) is 8.26. The molecule has 0 aliphatic heterocycles. The molecule has 0 aliphatic rings. The minimum Gasteiger partial charge on any atom is -0.316 e. The van der Waals surface area contributed by atoms with Crippen LogP contribution in [0.1, 0.15) is 11.1 Å². The Morgan fingerprint density at radius 3 is 2.42 bits per heavy atom. The van der Waals surface area contributed by atoms with E-state index in [0.29, 0.717) is 14.7 Å². The highest BCUT2D eigenvalue weighted by molar-refractivity contribution is 14.1. The third-order valence-electron chi connectivity index (χ3n) is 3.86. The minimum absolute atomic E-state index is 0.139. The lowest BCUT2D eigenvalue weighted by molar-refractivity contribution is 0.588. The van der Waals surface area contributed by atoms with Crippen molar-refractivity contribution in [2.75, 3.05) is 0 Å². The minimum atomic E-state index is -3.87. The van der Waals surface area contributed by atoms with Crippen molar-refractivity contribution in [1.82, 2.24) is 8.54 Å². The van der Waals surface area contributed by atoms with Crippen LogP contribution in [0.4, 0.5) is 0 Å². The van der Waals surface area contributed by atoms with E-state index in [-0.39, 0.29) is 16.0 Å². The summed E-state index contributed by atoms with van der Waals surface area (Å²) >= 11 is 1.93. The van der Waals surface area contributed by atoms with Crippen molar-refractivity contribution >= 4 is 49.6 Å². The van der Waals surface area contributed by atoms with Crippen molar-refractivity contribution in [1.29, 1.82) is 0 Å². The van der Waals surface area contributed by atoms with Crippen molar-refractivity contribution in [2.45, 2.75) is 11.8 Å². The lowest BCUT2D eigenvalue weighted by Gasteiger charge is -2.10. The molecule has 0 spiro atoms. The van der Waals surface area contributed by atoms with Crippen LogP contribution in [0.3, 0.4) is 0 Å². The Kier molecular flexibility index (Phi) is 4.16. The number of hydrogen-bond donors (Lipinski definition) is 0. The molecule has 0 bridgehead atoms. The first-order valence-corrected chi connectivity index (χ1v) is 9.64. The van der Waals surface area contributed by atoms with Gasteiger partial charge in [0.15, 0.2) is 0 Å². The van der Waals surface area contributed by atoms with Gasteiger partial charge in [-0.25, -0.2) is 12.4 Å². The average molecular weight is 454 g/mol. The predicted molar refractivity (Wildman–Crippen MR) is 104 cm³/mol. The van der Waals surface area contributed by atoms with Gasteiger partial charge in [-0.05, 0) is 53.3 Å². The second kappa shape index (κ2) is 5.89. The Labute approximate surface area is 153 Å². The highest BCUT2D eigenvalue weighted by Gasteiger charge is 2.25. The molecule has 0 saturated carbocycles. The van der Waals surface area contributed by atoms with Crippen molar-refractivity contribution in [3.05, 3.63) is 68.3 Å². The summed E-state index contributed by atoms with van der Waals surface area (Å²) in [6.07, 6.45) is 3.26. The van der Waals surface area contributed by atoms with E-state index >= 15 is 0 Å². The van der Waals surface area contributed by atoms with Gasteiger partial charge in [-0.15, -0.1) is 0 Å². The highest BCUT2D eigenvalue weighted by Crippen LogP contribution is 2.27. The Hall–Kier alpha value is -1.87. The van der Waals surface area contributed by atoms with Gasteiger partial charge in [-0.3, -0.25) is 4.79 Å². The van der Waals surface area contributed by atoms with E-state index in [4.69, 9.17) is 0 Å². The summed E-state index contributed by atoms with van der Waals surface area (Å²) in [5, 5.41) is 0.577. The summed E-state index contributed by atoms with van der Waals surface area (Å²) < 4.78 is 29.1. The number of benzene rings is 1. The molecule has 0 atom stereocenters. The van der Waals surface area contributed by atoms with E-state index in [1.807, 2.05) is 29.5 Å². The smallest absolute Gasteiger partial charge is 0.275 e. The summed E-state index contributed by atoms with van der Waals surface area (Å²) in [6.45, 7) is 5.63. The van der Waals surface area contributed by atoms with Crippen molar-refractivity contribution in [2.24, 2.45) is 7.05 Å². The van der Waals surface area contributed by atoms with E-state index in [0.717, 1.165) is 9.54 Å². The Balaban J connectivity index is 2.44. The van der Waals surface area contributed by atoms with Gasteiger partial charge in [0.1, 0.15) is 5.52 Å². The largest absolute Gasteiger partial charge is 0.316 e. The van der Waals surface area contributed by atoms with Crippen molar-refractivity contribution in [3.8, 4) is 0 Å². The van der Waals surface area contributed by atoms with Gasteiger partial charge in [0.2, 0.25) is 0 Å². The zero-order chi connectivity index (χ0) is 17.6. The maximum atomic E-state index is 13.1. The molecule has 24 heavy (non-hydrogen) atoms. The van der Waals surface area contributed by atoms with Crippen molar-refractivity contribution < 1.29 is 8.42 Å². The van der Waals surface area contributed by atoms with Crippen LogP contribution in [0.5, 0.6) is 0 Å². The second-order valence-electron chi connectivity index (χ2n) is 5.52. The predicted octanol–water partition coefficient (Wildman–Crippen LogP) is 3.13. The Morgan fingerprint density at radius 2 is 1.83 bits per heavy atom. The second-order valence-corrected chi connectivity index (χ2v) is 8.41. The van der Waals surface area contributed by atoms with Gasteiger partial charge in [0.25, 0.3) is 15.6 Å². The molecule has 3 aromatic rings. The molecule has 5 nitrogen and oxygen atoms in total. The SMILES string of the molecule is C=Cc1cn(C)c(=O)c2c1cc(I)n2S(=O)(=O)c1ccc(C)cc1. The quantitative estimate of drug-likeness (QED) is 0.572. The Bertz CT molecular complexity index is 1120. The zero-order valence-corrected chi connectivity index (χ0v) is 16.1. The van der Waals surface area contributed by atoms with E-state index in [9.17, 15) is 13.2 Å². The first-order chi connectivity index (χ1) is 11.3. The van der Waals surface area contributed by atoms with Crippen LogP contribution < -0.4 is 5.56 Å². The average Bonchev–Trinajstić information content (AvgIpc) is 2.89. The molecule has 2 heterocycles. The third kappa shape index (κ3) is 2.51. The van der Waals surface area contributed by atoms with Gasteiger partial charge >= 0.3 is 0 Å². The van der Waals surface area contributed by atoms with Crippen LogP contribution in [-0.2, 0) is 17.1 Å². The van der Waals surface area contributed by atoms with E-state index < -0.39 is 10.0 Å². The number of aryl methyl sites for hydroxylation is 2. The van der Waals surface area contributed by atoms with Gasteiger partial charge in [0, 0.05) is 18.6 Å². The number of hydrogen-bond acceptors (Lipinski definition) is 3. The van der Waals surface area contributed by atoms with Crippen LogP contribution in [0.25, 0.3) is 17.0 Å². The fourth-order valence-electron chi connectivity index (χ4n) is 2.60. The number of fused-ring (bicyclic) bond motifs is 1. The molecule has 124 valence electrons. The molecule has 0 amide bonds. The number of halogens is 1. The molecular formula is C17H15IN2O3S. The molecular weight excluding hydrogens is 439 g/mol. The van der Waals surface area contributed by atoms with Gasteiger partial charge in [-0.1, -0.05) is 30.4 Å². The molecule has 2 aromatic heterocycles. The fourth-order valence-corrected chi connectivity index (χ4v) is 5.32. The Morgan fingerprint density at radius 1 is 1.21 bits per heavy atom. The van der Waals surface area contributed by atoms with Crippen LogP contribution in [-0.4, -0.2) is 17.0 Å². The number of pyridine rings is 1. The van der Waals surface area contributed by atoms with Gasteiger partial charge in [0.05, 0.1) is 8.60 Å².